The zero-order valence-electron chi connectivity index (χ0n) is 13.5. The number of nitrogens with zero attached hydrogens (tertiary/aromatic N) is 3. The molecule has 1 aromatic rings. The van der Waals surface area contributed by atoms with Crippen molar-refractivity contribution in [3.05, 3.63) is 10.6 Å². The number of hydrogen-bond donors (Lipinski definition) is 0. The van der Waals surface area contributed by atoms with Crippen LogP contribution in [0.2, 0.25) is 0 Å². The van der Waals surface area contributed by atoms with E-state index in [1.165, 1.54) is 18.4 Å². The molecule has 2 aliphatic rings. The second kappa shape index (κ2) is 6.03. The summed E-state index contributed by atoms with van der Waals surface area (Å²) in [4.78, 5) is 21.6. The number of fused-ring (bicyclic) bond motifs is 1. The molecule has 23 heavy (non-hydrogen) atoms. The quantitative estimate of drug-likeness (QED) is 0.777. The molecule has 0 bridgehead atoms. The van der Waals surface area contributed by atoms with Gasteiger partial charge < -0.3 is 9.64 Å². The topological polar surface area (TPSA) is 79.8 Å². The van der Waals surface area contributed by atoms with Crippen molar-refractivity contribution in [2.45, 2.75) is 25.9 Å². The lowest BCUT2D eigenvalue weighted by Gasteiger charge is -2.43. The Labute approximate surface area is 140 Å². The lowest BCUT2D eigenvalue weighted by Crippen LogP contribution is -2.60. The van der Waals surface area contributed by atoms with E-state index < -0.39 is 9.84 Å². The van der Waals surface area contributed by atoms with Gasteiger partial charge in [0.05, 0.1) is 30.4 Å². The molecule has 3 rings (SSSR count). The number of hydrogen-bond acceptors (Lipinski definition) is 7. The predicted molar refractivity (Wildman–Crippen MR) is 87.9 cm³/mol. The third-order valence-corrected chi connectivity index (χ3v) is 7.41. The van der Waals surface area contributed by atoms with E-state index in [1.807, 2.05) is 6.92 Å². The van der Waals surface area contributed by atoms with Gasteiger partial charge in [-0.1, -0.05) is 18.3 Å². The van der Waals surface area contributed by atoms with Crippen LogP contribution >= 0.6 is 11.3 Å². The van der Waals surface area contributed by atoms with E-state index >= 15 is 0 Å². The van der Waals surface area contributed by atoms with E-state index in [4.69, 9.17) is 4.74 Å². The monoisotopic (exact) mass is 359 g/mol. The Kier molecular flexibility index (Phi) is 4.37. The molecule has 7 nitrogen and oxygen atoms in total. The van der Waals surface area contributed by atoms with Crippen LogP contribution in [0, 0.1) is 6.92 Å². The summed E-state index contributed by atoms with van der Waals surface area (Å²) in [6.45, 7) is 5.85. The molecular weight excluding hydrogens is 338 g/mol. The fourth-order valence-corrected chi connectivity index (χ4v) is 6.31. The molecule has 0 spiro atoms. The van der Waals surface area contributed by atoms with Crippen LogP contribution in [0.4, 0.5) is 0 Å². The van der Waals surface area contributed by atoms with Crippen LogP contribution in [0.3, 0.4) is 0 Å². The molecule has 0 aliphatic carbocycles. The Morgan fingerprint density at radius 2 is 2.04 bits per heavy atom. The van der Waals surface area contributed by atoms with Gasteiger partial charge in [0.25, 0.3) is 11.1 Å². The third kappa shape index (κ3) is 2.97. The number of piperazine rings is 1. The van der Waals surface area contributed by atoms with Crippen LogP contribution < -0.4 is 4.74 Å². The van der Waals surface area contributed by atoms with Crippen molar-refractivity contribution >= 4 is 27.1 Å². The van der Waals surface area contributed by atoms with Crippen LogP contribution in [0.15, 0.2) is 0 Å². The smallest absolute Gasteiger partial charge is 0.273 e. The average Bonchev–Trinajstić information content (AvgIpc) is 3.03. The first-order valence-corrected chi connectivity index (χ1v) is 10.3. The van der Waals surface area contributed by atoms with Crippen LogP contribution in [0.1, 0.15) is 22.3 Å². The number of sulfone groups is 1. The van der Waals surface area contributed by atoms with Crippen LogP contribution in [0.5, 0.6) is 5.19 Å². The Morgan fingerprint density at radius 1 is 1.35 bits per heavy atom. The highest BCUT2D eigenvalue weighted by Crippen LogP contribution is 2.31. The minimum atomic E-state index is -3.10. The fourth-order valence-electron chi connectivity index (χ4n) is 3.46. The summed E-state index contributed by atoms with van der Waals surface area (Å²) < 4.78 is 29.3. The lowest BCUT2D eigenvalue weighted by atomic mass is 10.0. The second-order valence-corrected chi connectivity index (χ2v) is 9.05. The van der Waals surface area contributed by atoms with Crippen LogP contribution in [0.25, 0.3) is 0 Å². The van der Waals surface area contributed by atoms with Gasteiger partial charge >= 0.3 is 0 Å². The standard InChI is InChI=1S/C14H21N3O4S2/c1-4-16-5-6-17(11-8-23(19,20)7-10(11)16)13(18)12-9(2)15-14(21-3)22-12/h10-11H,4-8H2,1-3H3/t10-,11+/m1/s1. The van der Waals surface area contributed by atoms with Gasteiger partial charge in [-0.25, -0.2) is 13.4 Å². The largest absolute Gasteiger partial charge is 0.473 e. The van der Waals surface area contributed by atoms with E-state index in [-0.39, 0.29) is 29.5 Å². The molecule has 9 heteroatoms. The molecule has 0 aromatic carbocycles. The molecule has 2 atom stereocenters. The number of aryl methyl sites for hydroxylation is 1. The summed E-state index contributed by atoms with van der Waals surface area (Å²) in [7, 11) is -1.58. The number of amides is 1. The van der Waals surface area contributed by atoms with E-state index in [0.29, 0.717) is 28.9 Å². The Balaban J connectivity index is 1.90. The highest BCUT2D eigenvalue weighted by Gasteiger charge is 2.48. The highest BCUT2D eigenvalue weighted by molar-refractivity contribution is 7.91. The number of thiazole rings is 1. The van der Waals surface area contributed by atoms with E-state index in [1.54, 1.807) is 11.8 Å². The third-order valence-electron chi connectivity index (χ3n) is 4.60. The fraction of sp³-hybridized carbons (Fsp3) is 0.714. The summed E-state index contributed by atoms with van der Waals surface area (Å²) >= 11 is 1.21. The summed E-state index contributed by atoms with van der Waals surface area (Å²) in [5.41, 5.74) is 0.632. The molecule has 0 unspecified atom stereocenters. The van der Waals surface area contributed by atoms with Crippen molar-refractivity contribution in [3.63, 3.8) is 0 Å². The maximum Gasteiger partial charge on any atom is 0.273 e. The zero-order valence-corrected chi connectivity index (χ0v) is 15.1. The number of carbonyl (C=O) groups excluding carboxylic acids is 1. The molecular formula is C14H21N3O4S2. The molecule has 0 N–H and O–H groups in total. The first-order valence-electron chi connectivity index (χ1n) is 7.63. The van der Waals surface area contributed by atoms with Gasteiger partial charge in [0.2, 0.25) is 0 Å². The number of likely N-dealkylation sites (N-methyl/N-ethyl adjacent to an activating group) is 1. The molecule has 1 amide bonds. The van der Waals surface area contributed by atoms with Crippen molar-refractivity contribution in [3.8, 4) is 5.19 Å². The predicted octanol–water partition coefficient (Wildman–Crippen LogP) is 0.403. The maximum absolute atomic E-state index is 12.9. The van der Waals surface area contributed by atoms with Gasteiger partial charge in [0.15, 0.2) is 9.84 Å². The summed E-state index contributed by atoms with van der Waals surface area (Å²) in [5, 5.41) is 0.452. The summed E-state index contributed by atoms with van der Waals surface area (Å²) in [5.74, 6) is 0.0565. The minimum absolute atomic E-state index is 0.0505. The van der Waals surface area contributed by atoms with Gasteiger partial charge in [-0.05, 0) is 13.5 Å². The molecule has 0 radical (unpaired) electrons. The number of methoxy groups -OCH3 is 1. The first kappa shape index (κ1) is 16.7. The van der Waals surface area contributed by atoms with Crippen molar-refractivity contribution in [1.82, 2.24) is 14.8 Å². The Morgan fingerprint density at radius 3 is 2.65 bits per heavy atom. The maximum atomic E-state index is 12.9. The Bertz CT molecular complexity index is 716. The van der Waals surface area contributed by atoms with E-state index in [0.717, 1.165) is 6.54 Å². The molecule has 2 fully saturated rings. The lowest BCUT2D eigenvalue weighted by molar-refractivity contribution is 0.0353. The number of ether oxygens (including phenoxy) is 1. The number of carbonyl (C=O) groups is 1. The van der Waals surface area contributed by atoms with Crippen molar-refractivity contribution in [2.24, 2.45) is 0 Å². The molecule has 1 aromatic heterocycles. The number of rotatable bonds is 3. The van der Waals surface area contributed by atoms with Gasteiger partial charge in [-0.2, -0.15) is 0 Å². The zero-order chi connectivity index (χ0) is 16.8. The highest BCUT2D eigenvalue weighted by atomic mass is 32.2. The number of aromatic nitrogens is 1. The van der Waals surface area contributed by atoms with Crippen molar-refractivity contribution < 1.29 is 17.9 Å². The van der Waals surface area contributed by atoms with Gasteiger partial charge in [-0.15, -0.1) is 0 Å². The van der Waals surface area contributed by atoms with Crippen LogP contribution in [-0.4, -0.2) is 79.4 Å². The average molecular weight is 359 g/mol. The first-order chi connectivity index (χ1) is 10.9. The van der Waals surface area contributed by atoms with Gasteiger partial charge in [0, 0.05) is 19.1 Å². The molecule has 2 aliphatic heterocycles. The Hall–Kier alpha value is -1.19. The molecule has 3 heterocycles. The van der Waals surface area contributed by atoms with Crippen molar-refractivity contribution in [2.75, 3.05) is 38.2 Å². The molecule has 2 saturated heterocycles. The van der Waals surface area contributed by atoms with Gasteiger partial charge in [-0.3, -0.25) is 9.69 Å². The molecule has 128 valence electrons. The van der Waals surface area contributed by atoms with Crippen molar-refractivity contribution in [1.29, 1.82) is 0 Å². The summed E-state index contributed by atoms with van der Waals surface area (Å²) in [6.07, 6.45) is 0. The van der Waals surface area contributed by atoms with E-state index in [2.05, 4.69) is 9.88 Å². The SMILES string of the molecule is CCN1CCN(C(=O)c2sc(OC)nc2C)[C@H]2CS(=O)(=O)C[C@H]21. The molecule has 0 saturated carbocycles. The van der Waals surface area contributed by atoms with Gasteiger partial charge in [0.1, 0.15) is 4.88 Å². The summed E-state index contributed by atoms with van der Waals surface area (Å²) in [6, 6.07) is -0.369. The second-order valence-electron chi connectivity index (χ2n) is 5.94. The minimum Gasteiger partial charge on any atom is -0.473 e. The normalized spacial score (nSPS) is 27.0. The van der Waals surface area contributed by atoms with E-state index in [9.17, 15) is 13.2 Å². The van der Waals surface area contributed by atoms with Crippen LogP contribution in [-0.2, 0) is 9.84 Å².